The van der Waals surface area contributed by atoms with E-state index in [0.29, 0.717) is 52.4 Å². The highest BCUT2D eigenvalue weighted by atomic mass is 19.1. The quantitative estimate of drug-likeness (QED) is 0.605. The van der Waals surface area contributed by atoms with E-state index in [2.05, 4.69) is 5.32 Å². The van der Waals surface area contributed by atoms with Gasteiger partial charge < -0.3 is 10.2 Å². The molecule has 1 aliphatic carbocycles. The number of hydrogen-bond donors (Lipinski definition) is 1. The number of carbonyl (C=O) groups excluding carboxylic acids is 3. The second kappa shape index (κ2) is 7.63. The first-order valence-electron chi connectivity index (χ1n) is 11.1. The van der Waals surface area contributed by atoms with Crippen LogP contribution in [0.15, 0.2) is 102 Å². The van der Waals surface area contributed by atoms with E-state index in [4.69, 9.17) is 0 Å². The molecule has 1 saturated heterocycles. The monoisotopic (exact) mass is 450 g/mol. The van der Waals surface area contributed by atoms with Gasteiger partial charge in [0.15, 0.2) is 11.6 Å². The minimum absolute atomic E-state index is 0.241. The van der Waals surface area contributed by atoms with Crippen molar-refractivity contribution in [1.29, 1.82) is 0 Å². The van der Waals surface area contributed by atoms with E-state index in [1.54, 1.807) is 65.6 Å². The first-order valence-corrected chi connectivity index (χ1v) is 11.1. The number of allylic oxidation sites excluding steroid dienone is 3. The van der Waals surface area contributed by atoms with Crippen molar-refractivity contribution in [3.05, 3.63) is 130 Å². The Morgan fingerprint density at radius 1 is 0.853 bits per heavy atom. The van der Waals surface area contributed by atoms with Crippen molar-refractivity contribution in [3.8, 4) is 0 Å². The van der Waals surface area contributed by atoms with Gasteiger partial charge in [-0.05, 0) is 17.7 Å². The zero-order valence-electron chi connectivity index (χ0n) is 18.0. The number of hydrogen-bond acceptors (Lipinski definition) is 5. The molecule has 6 heteroatoms. The summed E-state index contributed by atoms with van der Waals surface area (Å²) < 4.78 is 13.8. The van der Waals surface area contributed by atoms with Gasteiger partial charge in [0.05, 0.1) is 11.3 Å². The summed E-state index contributed by atoms with van der Waals surface area (Å²) in [5.74, 6) is -1.48. The maximum Gasteiger partial charge on any atom is 0.210 e. The molecule has 0 bridgehead atoms. The molecule has 1 atom stereocenters. The van der Waals surface area contributed by atoms with Gasteiger partial charge in [-0.3, -0.25) is 14.4 Å². The van der Waals surface area contributed by atoms with Gasteiger partial charge in [-0.25, -0.2) is 4.39 Å². The van der Waals surface area contributed by atoms with Gasteiger partial charge in [0, 0.05) is 41.3 Å². The zero-order valence-corrected chi connectivity index (χ0v) is 18.0. The number of halogens is 1. The lowest BCUT2D eigenvalue weighted by Gasteiger charge is -2.38. The summed E-state index contributed by atoms with van der Waals surface area (Å²) in [6.07, 6.45) is 0. The molecule has 0 amide bonds. The molecule has 0 aromatic heterocycles. The van der Waals surface area contributed by atoms with Gasteiger partial charge in [0.25, 0.3) is 0 Å². The summed E-state index contributed by atoms with van der Waals surface area (Å²) in [5, 5.41) is 3.28. The molecule has 2 heterocycles. The largest absolute Gasteiger partial charge is 0.369 e. The number of Topliss-reactive ketones (excluding diaryl/α,β-unsaturated/α-hetero) is 3. The molecule has 1 fully saturated rings. The fourth-order valence-electron chi connectivity index (χ4n) is 5.13. The van der Waals surface area contributed by atoms with Crippen molar-refractivity contribution in [1.82, 2.24) is 10.2 Å². The van der Waals surface area contributed by atoms with E-state index >= 15 is 0 Å². The summed E-state index contributed by atoms with van der Waals surface area (Å²) in [6.45, 7) is 0.980. The Labute approximate surface area is 195 Å². The number of carbonyl (C=O) groups is 3. The van der Waals surface area contributed by atoms with E-state index < -0.39 is 11.7 Å². The minimum atomic E-state index is -0.815. The number of rotatable bonds is 3. The molecule has 3 aliphatic rings. The molecule has 3 aromatic rings. The summed E-state index contributed by atoms with van der Waals surface area (Å²) in [4.78, 5) is 43.2. The van der Waals surface area contributed by atoms with Crippen molar-refractivity contribution in [2.45, 2.75) is 5.92 Å². The van der Waals surface area contributed by atoms with Crippen LogP contribution >= 0.6 is 0 Å². The molecule has 5 nitrogen and oxygen atoms in total. The first-order chi connectivity index (χ1) is 16.6. The van der Waals surface area contributed by atoms with Crippen LogP contribution < -0.4 is 5.32 Å². The lowest BCUT2D eigenvalue weighted by atomic mass is 9.72. The van der Waals surface area contributed by atoms with Crippen LogP contribution in [-0.2, 0) is 0 Å². The van der Waals surface area contributed by atoms with E-state index in [1.165, 1.54) is 12.1 Å². The van der Waals surface area contributed by atoms with Crippen LogP contribution in [0.1, 0.15) is 42.6 Å². The number of fused-ring (bicyclic) bond motifs is 3. The Kier molecular flexibility index (Phi) is 4.55. The fourth-order valence-corrected chi connectivity index (χ4v) is 5.13. The molecule has 2 aliphatic heterocycles. The molecular weight excluding hydrogens is 431 g/mol. The molecule has 1 N–H and O–H groups in total. The Morgan fingerprint density at radius 2 is 1.50 bits per heavy atom. The number of ketones is 3. The Balaban J connectivity index is 1.64. The van der Waals surface area contributed by atoms with Gasteiger partial charge in [0.2, 0.25) is 5.78 Å². The number of nitrogens with one attached hydrogen (secondary N) is 1. The highest BCUT2D eigenvalue weighted by Gasteiger charge is 2.48. The maximum absolute atomic E-state index is 13.9. The maximum atomic E-state index is 13.9. The van der Waals surface area contributed by atoms with Gasteiger partial charge in [-0.2, -0.15) is 0 Å². The van der Waals surface area contributed by atoms with Crippen LogP contribution in [0.2, 0.25) is 0 Å². The predicted octanol–water partition coefficient (Wildman–Crippen LogP) is 4.26. The van der Waals surface area contributed by atoms with Gasteiger partial charge in [0.1, 0.15) is 11.6 Å². The fraction of sp³-hybridized carbons (Fsp3) is 0.107. The van der Waals surface area contributed by atoms with Crippen LogP contribution in [0.3, 0.4) is 0 Å². The van der Waals surface area contributed by atoms with Crippen LogP contribution in [0, 0.1) is 5.82 Å². The normalized spacial score (nSPS) is 19.0. The number of nitrogens with zero attached hydrogens (tertiary/aromatic N) is 1. The van der Waals surface area contributed by atoms with E-state index in [9.17, 15) is 18.8 Å². The highest BCUT2D eigenvalue weighted by Crippen LogP contribution is 2.47. The summed E-state index contributed by atoms with van der Waals surface area (Å²) in [6, 6.07) is 21.4. The van der Waals surface area contributed by atoms with Crippen molar-refractivity contribution in [2.24, 2.45) is 0 Å². The molecule has 6 rings (SSSR count). The standard InChI is InChI=1S/C28H19FN2O3/c29-18-12-10-16(11-13-18)21-22-24(27(34)20-9-5-4-8-19(20)26(22)33)31-15-14-30-28(31)23(21)25(32)17-6-2-1-3-7-17/h1-13,21,30H,14-15H2. The average molecular weight is 450 g/mol. The van der Waals surface area contributed by atoms with Crippen LogP contribution in [0.25, 0.3) is 0 Å². The van der Waals surface area contributed by atoms with Gasteiger partial charge >= 0.3 is 0 Å². The summed E-state index contributed by atoms with van der Waals surface area (Å²) in [7, 11) is 0. The third-order valence-electron chi connectivity index (χ3n) is 6.62. The molecule has 166 valence electrons. The van der Waals surface area contributed by atoms with Gasteiger partial charge in [-0.15, -0.1) is 0 Å². The average Bonchev–Trinajstić information content (AvgIpc) is 3.36. The van der Waals surface area contributed by atoms with Crippen molar-refractivity contribution in [3.63, 3.8) is 0 Å². The lowest BCUT2D eigenvalue weighted by Crippen LogP contribution is -2.40. The zero-order chi connectivity index (χ0) is 23.4. The minimum Gasteiger partial charge on any atom is -0.369 e. The molecule has 1 unspecified atom stereocenters. The molecule has 0 radical (unpaired) electrons. The molecule has 0 saturated carbocycles. The topological polar surface area (TPSA) is 66.5 Å². The smallest absolute Gasteiger partial charge is 0.210 e. The van der Waals surface area contributed by atoms with E-state index in [0.717, 1.165) is 0 Å². The van der Waals surface area contributed by atoms with Crippen molar-refractivity contribution in [2.75, 3.05) is 13.1 Å². The highest BCUT2D eigenvalue weighted by molar-refractivity contribution is 6.28. The SMILES string of the molecule is O=C(C1=C2NCCN2C2=C(C(=O)c3ccccc3C2=O)C1c1ccc(F)cc1)c1ccccc1. The molecule has 0 spiro atoms. The summed E-state index contributed by atoms with van der Waals surface area (Å²) >= 11 is 0. The first kappa shape index (κ1) is 20.3. The van der Waals surface area contributed by atoms with E-state index in [-0.39, 0.29) is 22.9 Å². The number of benzene rings is 3. The van der Waals surface area contributed by atoms with Crippen LogP contribution in [0.5, 0.6) is 0 Å². The Bertz CT molecular complexity index is 1440. The van der Waals surface area contributed by atoms with Gasteiger partial charge in [-0.1, -0.05) is 66.7 Å². The molecule has 34 heavy (non-hydrogen) atoms. The third kappa shape index (κ3) is 2.88. The molecule has 3 aromatic carbocycles. The predicted molar refractivity (Wildman–Crippen MR) is 124 cm³/mol. The Morgan fingerprint density at radius 3 is 2.21 bits per heavy atom. The lowest BCUT2D eigenvalue weighted by molar-refractivity contribution is 0.0936. The Hall–Kier alpha value is -4.32. The summed E-state index contributed by atoms with van der Waals surface area (Å²) in [5.41, 5.74) is 2.67. The third-order valence-corrected chi connectivity index (χ3v) is 6.62. The second-order valence-corrected chi connectivity index (χ2v) is 8.49. The van der Waals surface area contributed by atoms with Crippen molar-refractivity contribution < 1.29 is 18.8 Å². The molecular formula is C28H19FN2O3. The van der Waals surface area contributed by atoms with Crippen LogP contribution in [-0.4, -0.2) is 35.3 Å². The second-order valence-electron chi connectivity index (χ2n) is 8.49. The van der Waals surface area contributed by atoms with Crippen LogP contribution in [0.4, 0.5) is 4.39 Å². The van der Waals surface area contributed by atoms with Crippen molar-refractivity contribution >= 4 is 17.3 Å². The van der Waals surface area contributed by atoms with E-state index in [1.807, 2.05) is 6.07 Å².